The Morgan fingerprint density at radius 2 is 2.09 bits per heavy atom. The third kappa shape index (κ3) is 3.66. The lowest BCUT2D eigenvalue weighted by molar-refractivity contribution is 0.225. The van der Waals surface area contributed by atoms with Crippen molar-refractivity contribution in [2.45, 2.75) is 19.4 Å². The summed E-state index contributed by atoms with van der Waals surface area (Å²) in [7, 11) is 0. The van der Waals surface area contributed by atoms with E-state index in [9.17, 15) is 0 Å². The van der Waals surface area contributed by atoms with Gasteiger partial charge in [0.2, 0.25) is 5.95 Å². The fourth-order valence-electron chi connectivity index (χ4n) is 2.50. The van der Waals surface area contributed by atoms with Crippen molar-refractivity contribution in [2.75, 3.05) is 18.0 Å². The van der Waals surface area contributed by atoms with Crippen molar-refractivity contribution in [1.29, 1.82) is 5.26 Å². The molecule has 118 valence electrons. The molecule has 0 spiro atoms. The topological polar surface area (TPSA) is 62.0 Å². The van der Waals surface area contributed by atoms with Gasteiger partial charge < -0.3 is 9.64 Å². The number of benzene rings is 1. The van der Waals surface area contributed by atoms with Crippen molar-refractivity contribution >= 4 is 29.2 Å². The van der Waals surface area contributed by atoms with E-state index < -0.39 is 0 Å². The van der Waals surface area contributed by atoms with Crippen LogP contribution in [-0.4, -0.2) is 29.2 Å². The summed E-state index contributed by atoms with van der Waals surface area (Å²) in [6.07, 6.45) is 0.862. The second-order valence-electron chi connectivity index (χ2n) is 5.36. The third-order valence-electron chi connectivity index (χ3n) is 3.58. The lowest BCUT2D eigenvalue weighted by Gasteiger charge is -2.17. The van der Waals surface area contributed by atoms with Crippen LogP contribution in [0, 0.1) is 18.3 Å². The fourth-order valence-corrected chi connectivity index (χ4v) is 2.79. The maximum atomic E-state index is 9.02. The molecular weight excluding hydrogens is 335 g/mol. The van der Waals surface area contributed by atoms with Gasteiger partial charge in [0.1, 0.15) is 23.6 Å². The maximum Gasteiger partial charge on any atom is 0.226 e. The lowest BCUT2D eigenvalue weighted by atomic mass is 10.3. The Hall–Kier alpha value is -2.03. The summed E-state index contributed by atoms with van der Waals surface area (Å²) >= 11 is 11.9. The van der Waals surface area contributed by atoms with Crippen molar-refractivity contribution in [2.24, 2.45) is 0 Å². The minimum atomic E-state index is 0.0156. The van der Waals surface area contributed by atoms with Gasteiger partial charge in [0, 0.05) is 24.7 Å². The minimum absolute atomic E-state index is 0.0156. The van der Waals surface area contributed by atoms with Gasteiger partial charge in [-0.3, -0.25) is 0 Å². The van der Waals surface area contributed by atoms with Crippen LogP contribution in [0.2, 0.25) is 10.0 Å². The molecule has 2 aromatic rings. The van der Waals surface area contributed by atoms with Crippen molar-refractivity contribution < 1.29 is 4.74 Å². The number of rotatable bonds is 3. The SMILES string of the molecule is Cc1cc(C#N)nc(N2CCC(Oc3ccc(Cl)c(Cl)c3)C2)n1. The van der Waals surface area contributed by atoms with Crippen molar-refractivity contribution in [3.63, 3.8) is 0 Å². The smallest absolute Gasteiger partial charge is 0.226 e. The Morgan fingerprint density at radius 1 is 1.26 bits per heavy atom. The summed E-state index contributed by atoms with van der Waals surface area (Å²) in [6, 6.07) is 8.96. The zero-order chi connectivity index (χ0) is 16.4. The van der Waals surface area contributed by atoms with E-state index in [1.54, 1.807) is 24.3 Å². The predicted octanol–water partition coefficient (Wildman–Crippen LogP) is 3.62. The monoisotopic (exact) mass is 348 g/mol. The van der Waals surface area contributed by atoms with Crippen LogP contribution in [0.4, 0.5) is 5.95 Å². The zero-order valence-electron chi connectivity index (χ0n) is 12.5. The summed E-state index contributed by atoms with van der Waals surface area (Å²) < 4.78 is 5.94. The van der Waals surface area contributed by atoms with Gasteiger partial charge >= 0.3 is 0 Å². The van der Waals surface area contributed by atoms with Gasteiger partial charge in [-0.1, -0.05) is 23.2 Å². The maximum absolute atomic E-state index is 9.02. The molecule has 1 fully saturated rings. The summed E-state index contributed by atoms with van der Waals surface area (Å²) in [5.74, 6) is 1.26. The first-order valence-electron chi connectivity index (χ1n) is 7.17. The molecular formula is C16H14Cl2N4O. The molecule has 23 heavy (non-hydrogen) atoms. The van der Waals surface area contributed by atoms with E-state index in [2.05, 4.69) is 16.0 Å². The first-order chi connectivity index (χ1) is 11.0. The highest BCUT2D eigenvalue weighted by molar-refractivity contribution is 6.42. The Morgan fingerprint density at radius 3 is 2.83 bits per heavy atom. The largest absolute Gasteiger partial charge is 0.488 e. The molecule has 2 heterocycles. The second kappa shape index (κ2) is 6.61. The van der Waals surface area contributed by atoms with E-state index in [0.29, 0.717) is 34.0 Å². The number of nitriles is 1. The number of hydrogen-bond acceptors (Lipinski definition) is 5. The van der Waals surface area contributed by atoms with Crippen LogP contribution >= 0.6 is 23.2 Å². The van der Waals surface area contributed by atoms with Gasteiger partial charge in [-0.25, -0.2) is 9.97 Å². The van der Waals surface area contributed by atoms with Gasteiger partial charge in [-0.05, 0) is 25.1 Å². The van der Waals surface area contributed by atoms with E-state index in [4.69, 9.17) is 33.2 Å². The molecule has 0 radical (unpaired) electrons. The normalized spacial score (nSPS) is 17.1. The quantitative estimate of drug-likeness (QED) is 0.847. The van der Waals surface area contributed by atoms with E-state index in [-0.39, 0.29) is 6.10 Å². The van der Waals surface area contributed by atoms with Crippen LogP contribution < -0.4 is 9.64 Å². The summed E-state index contributed by atoms with van der Waals surface area (Å²) in [4.78, 5) is 10.7. The van der Waals surface area contributed by atoms with E-state index in [0.717, 1.165) is 18.7 Å². The third-order valence-corrected chi connectivity index (χ3v) is 4.32. The average Bonchev–Trinajstić information content (AvgIpc) is 2.99. The molecule has 1 aromatic heterocycles. The number of aryl methyl sites for hydroxylation is 1. The van der Waals surface area contributed by atoms with Crippen LogP contribution in [0.5, 0.6) is 5.75 Å². The van der Waals surface area contributed by atoms with Gasteiger partial charge in [-0.2, -0.15) is 5.26 Å². The molecule has 0 amide bonds. The van der Waals surface area contributed by atoms with Gasteiger partial charge in [0.15, 0.2) is 0 Å². The minimum Gasteiger partial charge on any atom is -0.488 e. The Bertz CT molecular complexity index is 775. The van der Waals surface area contributed by atoms with Crippen LogP contribution in [0.25, 0.3) is 0 Å². The first-order valence-corrected chi connectivity index (χ1v) is 7.93. The average molecular weight is 349 g/mol. The summed E-state index contributed by atoms with van der Waals surface area (Å²) in [5.41, 5.74) is 1.15. The molecule has 5 nitrogen and oxygen atoms in total. The molecule has 1 aliphatic rings. The molecule has 0 bridgehead atoms. The van der Waals surface area contributed by atoms with Crippen LogP contribution in [-0.2, 0) is 0 Å². The molecule has 1 atom stereocenters. The molecule has 0 aliphatic carbocycles. The van der Waals surface area contributed by atoms with E-state index in [1.807, 2.05) is 11.8 Å². The van der Waals surface area contributed by atoms with Gasteiger partial charge in [0.25, 0.3) is 0 Å². The number of aromatic nitrogens is 2. The molecule has 7 heteroatoms. The zero-order valence-corrected chi connectivity index (χ0v) is 14.0. The van der Waals surface area contributed by atoms with Crippen LogP contribution in [0.1, 0.15) is 17.8 Å². The molecule has 1 aliphatic heterocycles. The number of ether oxygens (including phenoxy) is 1. The highest BCUT2D eigenvalue weighted by Gasteiger charge is 2.26. The highest BCUT2D eigenvalue weighted by Crippen LogP contribution is 2.28. The highest BCUT2D eigenvalue weighted by atomic mass is 35.5. The van der Waals surface area contributed by atoms with E-state index in [1.165, 1.54) is 0 Å². The van der Waals surface area contributed by atoms with E-state index >= 15 is 0 Å². The van der Waals surface area contributed by atoms with Crippen molar-refractivity contribution in [1.82, 2.24) is 9.97 Å². The van der Waals surface area contributed by atoms with Gasteiger partial charge in [-0.15, -0.1) is 0 Å². The molecule has 0 saturated carbocycles. The van der Waals surface area contributed by atoms with Crippen LogP contribution in [0.15, 0.2) is 24.3 Å². The molecule has 3 rings (SSSR count). The number of anilines is 1. The lowest BCUT2D eigenvalue weighted by Crippen LogP contribution is -2.26. The number of hydrogen-bond donors (Lipinski definition) is 0. The Labute approximate surface area is 144 Å². The predicted molar refractivity (Wildman–Crippen MR) is 89.2 cm³/mol. The summed E-state index contributed by atoms with van der Waals surface area (Å²) in [6.45, 7) is 3.29. The van der Waals surface area contributed by atoms with Crippen LogP contribution in [0.3, 0.4) is 0 Å². The number of halogens is 2. The molecule has 1 aromatic carbocycles. The summed E-state index contributed by atoms with van der Waals surface area (Å²) in [5, 5.41) is 9.99. The first kappa shape index (κ1) is 15.9. The van der Waals surface area contributed by atoms with Crippen molar-refractivity contribution in [3.8, 4) is 11.8 Å². The molecule has 0 N–H and O–H groups in total. The Balaban J connectivity index is 1.70. The Kier molecular flexibility index (Phi) is 4.56. The number of nitrogens with zero attached hydrogens (tertiary/aromatic N) is 4. The molecule has 1 unspecified atom stereocenters. The standard InChI is InChI=1S/C16H14Cl2N4O/c1-10-6-11(8-19)21-16(20-10)22-5-4-13(9-22)23-12-2-3-14(17)15(18)7-12/h2-3,6-7,13H,4-5,9H2,1H3. The second-order valence-corrected chi connectivity index (χ2v) is 6.17. The van der Waals surface area contributed by atoms with Crippen molar-refractivity contribution in [3.05, 3.63) is 45.7 Å². The molecule has 1 saturated heterocycles. The van der Waals surface area contributed by atoms with Gasteiger partial charge in [0.05, 0.1) is 16.6 Å². The fraction of sp³-hybridized carbons (Fsp3) is 0.312.